The van der Waals surface area contributed by atoms with E-state index in [-0.39, 0.29) is 10.7 Å². The quantitative estimate of drug-likeness (QED) is 0.634. The average molecular weight is 441 g/mol. The van der Waals surface area contributed by atoms with Crippen LogP contribution >= 0.6 is 0 Å². The summed E-state index contributed by atoms with van der Waals surface area (Å²) >= 11 is 0. The number of anilines is 2. The molecule has 1 aromatic heterocycles. The van der Waals surface area contributed by atoms with Crippen molar-refractivity contribution >= 4 is 21.5 Å². The van der Waals surface area contributed by atoms with Crippen molar-refractivity contribution in [3.8, 4) is 0 Å². The second kappa shape index (κ2) is 9.03. The molecule has 0 bridgehead atoms. The highest BCUT2D eigenvalue weighted by atomic mass is 32.2. The normalized spacial score (nSPS) is 15.1. The summed E-state index contributed by atoms with van der Waals surface area (Å²) in [4.78, 5) is 9.18. The number of benzene rings is 2. The van der Waals surface area contributed by atoms with Crippen molar-refractivity contribution < 1.29 is 12.8 Å². The highest BCUT2D eigenvalue weighted by molar-refractivity contribution is 7.92. The van der Waals surface area contributed by atoms with Crippen LogP contribution in [0.25, 0.3) is 0 Å². The lowest BCUT2D eigenvalue weighted by atomic mass is 10.2. The summed E-state index contributed by atoms with van der Waals surface area (Å²) in [5.41, 5.74) is 2.53. The molecule has 0 saturated carbocycles. The molecule has 2 aromatic carbocycles. The summed E-state index contributed by atoms with van der Waals surface area (Å²) in [6.07, 6.45) is 1.55. The molecular weight excluding hydrogens is 415 g/mol. The van der Waals surface area contributed by atoms with Gasteiger partial charge in [0.25, 0.3) is 10.0 Å². The van der Waals surface area contributed by atoms with E-state index in [4.69, 9.17) is 0 Å². The maximum absolute atomic E-state index is 13.1. The number of aromatic nitrogens is 1. The second-order valence-electron chi connectivity index (χ2n) is 7.71. The Labute approximate surface area is 182 Å². The van der Waals surface area contributed by atoms with Gasteiger partial charge in [-0.25, -0.2) is 17.8 Å². The van der Waals surface area contributed by atoms with Gasteiger partial charge in [0.05, 0.1) is 16.8 Å². The van der Waals surface area contributed by atoms with Crippen LogP contribution in [-0.4, -0.2) is 44.5 Å². The summed E-state index contributed by atoms with van der Waals surface area (Å²) in [6, 6.07) is 16.9. The van der Waals surface area contributed by atoms with Gasteiger partial charge in [-0.05, 0) is 48.9 Å². The van der Waals surface area contributed by atoms with Gasteiger partial charge in [0.1, 0.15) is 11.6 Å². The van der Waals surface area contributed by atoms with Crippen LogP contribution in [0.15, 0.2) is 71.8 Å². The van der Waals surface area contributed by atoms with Crippen LogP contribution in [0.3, 0.4) is 0 Å². The van der Waals surface area contributed by atoms with E-state index < -0.39 is 10.0 Å². The first-order chi connectivity index (χ1) is 14.9. The van der Waals surface area contributed by atoms with Crippen LogP contribution in [0.1, 0.15) is 11.1 Å². The molecular formula is C23H25FN4O2S. The molecule has 162 valence electrons. The van der Waals surface area contributed by atoms with E-state index in [0.29, 0.717) is 5.69 Å². The monoisotopic (exact) mass is 440 g/mol. The van der Waals surface area contributed by atoms with Gasteiger partial charge in [-0.3, -0.25) is 9.62 Å². The Balaban J connectivity index is 1.33. The molecule has 0 atom stereocenters. The molecule has 1 N–H and O–H groups in total. The molecule has 1 aliphatic heterocycles. The van der Waals surface area contributed by atoms with E-state index in [1.165, 1.54) is 12.1 Å². The van der Waals surface area contributed by atoms with Crippen molar-refractivity contribution in [2.24, 2.45) is 0 Å². The van der Waals surface area contributed by atoms with Crippen molar-refractivity contribution in [1.29, 1.82) is 0 Å². The molecule has 8 heteroatoms. The standard InChI is InChI=1S/C23H25FN4O2S/c1-18-2-9-22(10-3-18)31(29,30)26-21-8-11-23(25-16-21)28-14-12-27(13-15-28)17-19-4-6-20(24)7-5-19/h2-11,16,26H,12-15,17H2,1H3. The third kappa shape index (κ3) is 5.39. The molecule has 1 saturated heterocycles. The van der Waals surface area contributed by atoms with E-state index in [1.54, 1.807) is 36.5 Å². The summed E-state index contributed by atoms with van der Waals surface area (Å²) < 4.78 is 40.7. The Hall–Kier alpha value is -2.97. The number of halogens is 1. The summed E-state index contributed by atoms with van der Waals surface area (Å²) in [7, 11) is -3.64. The number of piperazine rings is 1. The summed E-state index contributed by atoms with van der Waals surface area (Å²) in [5, 5.41) is 0. The minimum absolute atomic E-state index is 0.218. The highest BCUT2D eigenvalue weighted by Crippen LogP contribution is 2.20. The molecule has 4 rings (SSSR count). The van der Waals surface area contributed by atoms with E-state index in [1.807, 2.05) is 25.1 Å². The first kappa shape index (κ1) is 21.3. The maximum atomic E-state index is 13.1. The van der Waals surface area contributed by atoms with Gasteiger partial charge < -0.3 is 4.90 Å². The lowest BCUT2D eigenvalue weighted by Crippen LogP contribution is -2.46. The minimum Gasteiger partial charge on any atom is -0.354 e. The van der Waals surface area contributed by atoms with Crippen LogP contribution in [0, 0.1) is 12.7 Å². The van der Waals surface area contributed by atoms with Gasteiger partial charge in [0, 0.05) is 32.7 Å². The predicted octanol–water partition coefficient (Wildman–Crippen LogP) is 3.65. The number of hydrogen-bond donors (Lipinski definition) is 1. The zero-order chi connectivity index (χ0) is 21.8. The Morgan fingerprint density at radius 3 is 2.23 bits per heavy atom. The van der Waals surface area contributed by atoms with Crippen molar-refractivity contribution in [2.75, 3.05) is 35.8 Å². The number of pyridine rings is 1. The number of nitrogens with one attached hydrogen (secondary N) is 1. The van der Waals surface area contributed by atoms with Gasteiger partial charge >= 0.3 is 0 Å². The van der Waals surface area contributed by atoms with Crippen LogP contribution in [0.5, 0.6) is 0 Å². The molecule has 0 aliphatic carbocycles. The van der Waals surface area contributed by atoms with Crippen molar-refractivity contribution in [1.82, 2.24) is 9.88 Å². The predicted molar refractivity (Wildman–Crippen MR) is 120 cm³/mol. The van der Waals surface area contributed by atoms with Gasteiger partial charge in [0.15, 0.2) is 0 Å². The molecule has 2 heterocycles. The van der Waals surface area contributed by atoms with Crippen LogP contribution in [-0.2, 0) is 16.6 Å². The largest absolute Gasteiger partial charge is 0.354 e. The summed E-state index contributed by atoms with van der Waals surface area (Å²) in [5.74, 6) is 0.601. The molecule has 1 fully saturated rings. The average Bonchev–Trinajstić information content (AvgIpc) is 2.77. The molecule has 0 spiro atoms. The van der Waals surface area contributed by atoms with Gasteiger partial charge in [-0.15, -0.1) is 0 Å². The van der Waals surface area contributed by atoms with E-state index in [0.717, 1.165) is 49.7 Å². The van der Waals surface area contributed by atoms with Crippen molar-refractivity contribution in [3.63, 3.8) is 0 Å². The highest BCUT2D eigenvalue weighted by Gasteiger charge is 2.19. The zero-order valence-electron chi connectivity index (χ0n) is 17.3. The number of aryl methyl sites for hydroxylation is 1. The van der Waals surface area contributed by atoms with Gasteiger partial charge in [-0.1, -0.05) is 29.8 Å². The molecule has 0 unspecified atom stereocenters. The topological polar surface area (TPSA) is 65.5 Å². The lowest BCUT2D eigenvalue weighted by Gasteiger charge is -2.35. The van der Waals surface area contributed by atoms with Gasteiger partial charge in [0.2, 0.25) is 0 Å². The lowest BCUT2D eigenvalue weighted by molar-refractivity contribution is 0.249. The Bertz CT molecular complexity index is 1110. The third-order valence-corrected chi connectivity index (χ3v) is 6.74. The van der Waals surface area contributed by atoms with E-state index in [9.17, 15) is 12.8 Å². The number of rotatable bonds is 6. The Morgan fingerprint density at radius 2 is 1.61 bits per heavy atom. The zero-order valence-corrected chi connectivity index (χ0v) is 18.1. The number of sulfonamides is 1. The number of hydrogen-bond acceptors (Lipinski definition) is 5. The first-order valence-electron chi connectivity index (χ1n) is 10.2. The second-order valence-corrected chi connectivity index (χ2v) is 9.40. The maximum Gasteiger partial charge on any atom is 0.261 e. The molecule has 3 aromatic rings. The first-order valence-corrected chi connectivity index (χ1v) is 11.6. The van der Waals surface area contributed by atoms with Crippen LogP contribution in [0.4, 0.5) is 15.9 Å². The van der Waals surface area contributed by atoms with E-state index >= 15 is 0 Å². The van der Waals surface area contributed by atoms with Crippen molar-refractivity contribution in [3.05, 3.63) is 83.8 Å². The SMILES string of the molecule is Cc1ccc(S(=O)(=O)Nc2ccc(N3CCN(Cc4ccc(F)cc4)CC3)nc2)cc1. The fourth-order valence-electron chi connectivity index (χ4n) is 3.55. The fourth-order valence-corrected chi connectivity index (χ4v) is 4.59. The fraction of sp³-hybridized carbons (Fsp3) is 0.261. The van der Waals surface area contributed by atoms with Crippen molar-refractivity contribution in [2.45, 2.75) is 18.4 Å². The molecule has 1 aliphatic rings. The Morgan fingerprint density at radius 1 is 0.935 bits per heavy atom. The minimum atomic E-state index is -3.64. The van der Waals surface area contributed by atoms with Crippen LogP contribution in [0.2, 0.25) is 0 Å². The van der Waals surface area contributed by atoms with Crippen LogP contribution < -0.4 is 9.62 Å². The van der Waals surface area contributed by atoms with Gasteiger partial charge in [-0.2, -0.15) is 0 Å². The summed E-state index contributed by atoms with van der Waals surface area (Å²) in [6.45, 7) is 6.10. The third-order valence-electron chi connectivity index (χ3n) is 5.35. The molecule has 6 nitrogen and oxygen atoms in total. The Kier molecular flexibility index (Phi) is 6.20. The number of nitrogens with zero attached hydrogens (tertiary/aromatic N) is 3. The molecule has 31 heavy (non-hydrogen) atoms. The smallest absolute Gasteiger partial charge is 0.261 e. The molecule has 0 amide bonds. The van der Waals surface area contributed by atoms with E-state index in [2.05, 4.69) is 19.5 Å². The molecule has 0 radical (unpaired) electrons.